The minimum Gasteiger partial charge on any atom is -0.343 e. The Labute approximate surface area is 148 Å². The fraction of sp³-hybridized carbons (Fsp3) is 0.263. The third-order valence-electron chi connectivity index (χ3n) is 4.67. The largest absolute Gasteiger partial charge is 0.416 e. The molecule has 0 saturated carbocycles. The molecule has 0 bridgehead atoms. The van der Waals surface area contributed by atoms with E-state index in [1.54, 1.807) is 0 Å². The molecule has 0 fully saturated rings. The van der Waals surface area contributed by atoms with E-state index < -0.39 is 11.7 Å². The van der Waals surface area contributed by atoms with Crippen molar-refractivity contribution in [2.75, 3.05) is 13.1 Å². The van der Waals surface area contributed by atoms with Gasteiger partial charge in [0.15, 0.2) is 0 Å². The third kappa shape index (κ3) is 3.02. The van der Waals surface area contributed by atoms with E-state index in [-0.39, 0.29) is 5.02 Å². The summed E-state index contributed by atoms with van der Waals surface area (Å²) in [6.07, 6.45) is -3.43. The van der Waals surface area contributed by atoms with E-state index in [0.29, 0.717) is 5.56 Å². The second kappa shape index (κ2) is 6.07. The Bertz CT molecular complexity index is 944. The lowest BCUT2D eigenvalue weighted by Crippen LogP contribution is -2.17. The highest BCUT2D eigenvalue weighted by atomic mass is 35.5. The van der Waals surface area contributed by atoms with Crippen LogP contribution in [0.2, 0.25) is 5.02 Å². The summed E-state index contributed by atoms with van der Waals surface area (Å²) in [5, 5.41) is 4.62. The van der Waals surface area contributed by atoms with Crippen LogP contribution in [0.1, 0.15) is 11.3 Å². The molecule has 6 heteroatoms. The van der Waals surface area contributed by atoms with Crippen LogP contribution in [0.25, 0.3) is 22.0 Å². The zero-order valence-corrected chi connectivity index (χ0v) is 14.1. The third-order valence-corrected chi connectivity index (χ3v) is 4.98. The van der Waals surface area contributed by atoms with Gasteiger partial charge in [0.2, 0.25) is 0 Å². The van der Waals surface area contributed by atoms with Gasteiger partial charge >= 0.3 is 6.18 Å². The van der Waals surface area contributed by atoms with Crippen molar-refractivity contribution in [1.82, 2.24) is 9.88 Å². The number of alkyl halides is 3. The summed E-state index contributed by atoms with van der Waals surface area (Å²) in [5.41, 5.74) is 3.07. The highest BCUT2D eigenvalue weighted by Gasteiger charge is 2.31. The summed E-state index contributed by atoms with van der Waals surface area (Å²) < 4.78 is 40.8. The normalized spacial score (nSPS) is 15.2. The molecule has 0 unspecified atom stereocenters. The summed E-state index contributed by atoms with van der Waals surface area (Å²) in [5.74, 6) is 0. The molecule has 1 aliphatic rings. The van der Waals surface area contributed by atoms with Gasteiger partial charge in [-0.3, -0.25) is 0 Å². The van der Waals surface area contributed by atoms with Gasteiger partial charge in [0.05, 0.1) is 5.56 Å². The predicted octanol–water partition coefficient (Wildman–Crippen LogP) is 5.13. The maximum Gasteiger partial charge on any atom is 0.416 e. The molecule has 130 valence electrons. The number of nitrogens with one attached hydrogen (secondary N) is 1. The molecule has 0 radical (unpaired) electrons. The first-order valence-electron chi connectivity index (χ1n) is 8.13. The molecular formula is C19H16ClF3N2. The quantitative estimate of drug-likeness (QED) is 0.633. The Kier molecular flexibility index (Phi) is 4.01. The minimum absolute atomic E-state index is 0.110. The smallest absolute Gasteiger partial charge is 0.343 e. The van der Waals surface area contributed by atoms with Crippen molar-refractivity contribution in [1.29, 1.82) is 0 Å². The van der Waals surface area contributed by atoms with Gasteiger partial charge in [0.25, 0.3) is 0 Å². The van der Waals surface area contributed by atoms with E-state index in [2.05, 4.69) is 16.0 Å². The van der Waals surface area contributed by atoms with Crippen LogP contribution >= 0.6 is 11.6 Å². The summed E-state index contributed by atoms with van der Waals surface area (Å²) in [4.78, 5) is 0. The number of hydrogen-bond acceptors (Lipinski definition) is 1. The molecule has 1 N–H and O–H groups in total. The Morgan fingerprint density at radius 2 is 1.84 bits per heavy atom. The van der Waals surface area contributed by atoms with Crippen LogP contribution in [-0.2, 0) is 19.1 Å². The van der Waals surface area contributed by atoms with Gasteiger partial charge in [-0.25, -0.2) is 0 Å². The van der Waals surface area contributed by atoms with Gasteiger partial charge in [-0.15, -0.1) is 0 Å². The Hall–Kier alpha value is -1.98. The maximum absolute atomic E-state index is 12.8. The molecule has 4 rings (SSSR count). The van der Waals surface area contributed by atoms with Crippen molar-refractivity contribution in [3.05, 3.63) is 58.7 Å². The number of nitrogens with zero attached hydrogens (tertiary/aromatic N) is 1. The van der Waals surface area contributed by atoms with Gasteiger partial charge in [-0.05, 0) is 35.2 Å². The van der Waals surface area contributed by atoms with E-state index in [0.717, 1.165) is 54.7 Å². The van der Waals surface area contributed by atoms with E-state index in [4.69, 9.17) is 11.6 Å². The second-order valence-corrected chi connectivity index (χ2v) is 6.66. The average Bonchev–Trinajstić information content (AvgIpc) is 2.74. The van der Waals surface area contributed by atoms with Gasteiger partial charge < -0.3 is 9.88 Å². The lowest BCUT2D eigenvalue weighted by Gasteiger charge is -2.11. The van der Waals surface area contributed by atoms with Crippen LogP contribution in [0.3, 0.4) is 0 Å². The number of rotatable bonds is 1. The first kappa shape index (κ1) is 16.5. The minimum atomic E-state index is -4.39. The molecule has 0 atom stereocenters. The Balaban J connectivity index is 1.81. The summed E-state index contributed by atoms with van der Waals surface area (Å²) >= 11 is 6.15. The first-order valence-corrected chi connectivity index (χ1v) is 8.51. The molecule has 0 spiro atoms. The zero-order valence-electron chi connectivity index (χ0n) is 13.3. The average molecular weight is 365 g/mol. The summed E-state index contributed by atoms with van der Waals surface area (Å²) in [6, 6.07) is 11.6. The Morgan fingerprint density at radius 1 is 1.00 bits per heavy atom. The number of halogens is 4. The molecule has 1 aromatic heterocycles. The zero-order chi connectivity index (χ0) is 17.6. The van der Waals surface area contributed by atoms with Crippen LogP contribution in [0.15, 0.2) is 42.5 Å². The van der Waals surface area contributed by atoms with E-state index >= 15 is 0 Å². The molecule has 3 aromatic rings. The number of aromatic nitrogens is 1. The van der Waals surface area contributed by atoms with E-state index in [1.165, 1.54) is 11.8 Å². The van der Waals surface area contributed by atoms with Crippen LogP contribution in [0.4, 0.5) is 13.2 Å². The number of benzene rings is 2. The molecule has 25 heavy (non-hydrogen) atoms. The lowest BCUT2D eigenvalue weighted by molar-refractivity contribution is -0.137. The van der Waals surface area contributed by atoms with Crippen LogP contribution in [0, 0.1) is 0 Å². The second-order valence-electron chi connectivity index (χ2n) is 6.25. The lowest BCUT2D eigenvalue weighted by atomic mass is 10.0. The SMILES string of the molecule is FC(F)(F)c1ccc(-c2ccc3cc4n(c3c2)CCNCC4)c(Cl)c1. The topological polar surface area (TPSA) is 17.0 Å². The van der Waals surface area contributed by atoms with Crippen LogP contribution in [0.5, 0.6) is 0 Å². The molecule has 0 amide bonds. The highest BCUT2D eigenvalue weighted by molar-refractivity contribution is 6.33. The molecule has 2 nitrogen and oxygen atoms in total. The molecule has 0 saturated heterocycles. The van der Waals surface area contributed by atoms with Gasteiger partial charge in [0.1, 0.15) is 0 Å². The molecule has 0 aliphatic carbocycles. The van der Waals surface area contributed by atoms with Crippen molar-refractivity contribution >= 4 is 22.5 Å². The van der Waals surface area contributed by atoms with Crippen molar-refractivity contribution in [2.24, 2.45) is 0 Å². The van der Waals surface area contributed by atoms with Crippen molar-refractivity contribution in [3.8, 4) is 11.1 Å². The molecule has 1 aliphatic heterocycles. The van der Waals surface area contributed by atoms with Crippen LogP contribution in [-0.4, -0.2) is 17.7 Å². The van der Waals surface area contributed by atoms with Crippen molar-refractivity contribution in [3.63, 3.8) is 0 Å². The van der Waals surface area contributed by atoms with Crippen molar-refractivity contribution < 1.29 is 13.2 Å². The highest BCUT2D eigenvalue weighted by Crippen LogP contribution is 2.36. The van der Waals surface area contributed by atoms with Gasteiger partial charge in [-0.1, -0.05) is 29.8 Å². The van der Waals surface area contributed by atoms with Crippen LogP contribution < -0.4 is 5.32 Å². The first-order chi connectivity index (χ1) is 11.9. The summed E-state index contributed by atoms with van der Waals surface area (Å²) in [7, 11) is 0. The maximum atomic E-state index is 12.8. The molecule has 2 heterocycles. The number of fused-ring (bicyclic) bond motifs is 3. The van der Waals surface area contributed by atoms with E-state index in [1.807, 2.05) is 18.2 Å². The van der Waals surface area contributed by atoms with Gasteiger partial charge in [0, 0.05) is 47.9 Å². The molecule has 2 aromatic carbocycles. The monoisotopic (exact) mass is 364 g/mol. The van der Waals surface area contributed by atoms with Gasteiger partial charge in [-0.2, -0.15) is 13.2 Å². The predicted molar refractivity (Wildman–Crippen MR) is 94.0 cm³/mol. The fourth-order valence-electron chi connectivity index (χ4n) is 3.41. The number of hydrogen-bond donors (Lipinski definition) is 1. The Morgan fingerprint density at radius 3 is 2.60 bits per heavy atom. The molecular weight excluding hydrogens is 349 g/mol. The standard InChI is InChI=1S/C19H16ClF3N2/c20-17-11-14(19(21,22)23)3-4-16(17)12-1-2-13-9-15-5-6-24-7-8-25(15)18(13)10-12/h1-4,9-11,24H,5-8H2. The summed E-state index contributed by atoms with van der Waals surface area (Å²) in [6.45, 7) is 2.74. The van der Waals surface area contributed by atoms with Crippen molar-refractivity contribution in [2.45, 2.75) is 19.1 Å². The fourth-order valence-corrected chi connectivity index (χ4v) is 3.70. The van der Waals surface area contributed by atoms with E-state index in [9.17, 15) is 13.2 Å².